The van der Waals surface area contributed by atoms with E-state index in [1.54, 1.807) is 12.4 Å². The van der Waals surface area contributed by atoms with Crippen molar-refractivity contribution in [2.45, 2.75) is 31.5 Å². The number of aromatic nitrogens is 3. The standard InChI is InChI=1S/C8H13N5O/c9-6-3-7(4-6)11-8(14)5-13-2-1-10-12-13/h1-2,6-7H,3-5,9H2,(H,11,14). The van der Waals surface area contributed by atoms with Crippen LogP contribution in [0.2, 0.25) is 0 Å². The van der Waals surface area contributed by atoms with Crippen LogP contribution in [0.15, 0.2) is 12.4 Å². The summed E-state index contributed by atoms with van der Waals surface area (Å²) in [6.45, 7) is 0.228. The smallest absolute Gasteiger partial charge is 0.242 e. The van der Waals surface area contributed by atoms with Crippen LogP contribution in [-0.4, -0.2) is 33.0 Å². The maximum absolute atomic E-state index is 11.4. The summed E-state index contributed by atoms with van der Waals surface area (Å²) in [6.07, 6.45) is 4.96. The monoisotopic (exact) mass is 195 g/mol. The van der Waals surface area contributed by atoms with Crippen LogP contribution in [-0.2, 0) is 11.3 Å². The van der Waals surface area contributed by atoms with E-state index < -0.39 is 0 Å². The van der Waals surface area contributed by atoms with Crippen molar-refractivity contribution in [1.29, 1.82) is 0 Å². The molecule has 1 saturated carbocycles. The van der Waals surface area contributed by atoms with E-state index in [0.717, 1.165) is 12.8 Å². The molecule has 1 heterocycles. The maximum atomic E-state index is 11.4. The maximum Gasteiger partial charge on any atom is 0.242 e. The fourth-order valence-electron chi connectivity index (χ4n) is 1.52. The minimum atomic E-state index is -0.0348. The molecule has 1 aromatic rings. The second-order valence-corrected chi connectivity index (χ2v) is 3.60. The Kier molecular flexibility index (Phi) is 2.45. The molecule has 6 nitrogen and oxygen atoms in total. The van der Waals surface area contributed by atoms with Gasteiger partial charge in [-0.3, -0.25) is 4.79 Å². The summed E-state index contributed by atoms with van der Waals surface area (Å²) in [5.74, 6) is -0.0348. The minimum absolute atomic E-state index is 0.0348. The van der Waals surface area contributed by atoms with Crippen LogP contribution >= 0.6 is 0 Å². The molecule has 1 fully saturated rings. The summed E-state index contributed by atoms with van der Waals surface area (Å²) in [5.41, 5.74) is 5.60. The predicted molar refractivity (Wildman–Crippen MR) is 49.2 cm³/mol. The third kappa shape index (κ3) is 2.08. The predicted octanol–water partition coefficient (Wildman–Crippen LogP) is -1.12. The van der Waals surface area contributed by atoms with Gasteiger partial charge < -0.3 is 11.1 Å². The lowest BCUT2D eigenvalue weighted by Gasteiger charge is -2.32. The first kappa shape index (κ1) is 9.14. The summed E-state index contributed by atoms with van der Waals surface area (Å²) in [5, 5.41) is 10.2. The normalized spacial score (nSPS) is 25.5. The first-order chi connectivity index (χ1) is 6.74. The van der Waals surface area contributed by atoms with Crippen molar-refractivity contribution in [3.63, 3.8) is 0 Å². The van der Waals surface area contributed by atoms with Crippen LogP contribution in [0.4, 0.5) is 0 Å². The minimum Gasteiger partial charge on any atom is -0.352 e. The molecule has 0 saturated heterocycles. The van der Waals surface area contributed by atoms with Crippen LogP contribution in [0.5, 0.6) is 0 Å². The van der Waals surface area contributed by atoms with E-state index in [4.69, 9.17) is 5.73 Å². The number of hydrogen-bond acceptors (Lipinski definition) is 4. The Bertz CT molecular complexity index is 304. The molecule has 14 heavy (non-hydrogen) atoms. The molecular formula is C8H13N5O. The van der Waals surface area contributed by atoms with Gasteiger partial charge in [0.05, 0.1) is 6.20 Å². The first-order valence-electron chi connectivity index (χ1n) is 4.63. The Morgan fingerprint density at radius 3 is 3.00 bits per heavy atom. The van der Waals surface area contributed by atoms with Crippen molar-refractivity contribution in [2.75, 3.05) is 0 Å². The number of hydrogen-bond donors (Lipinski definition) is 2. The molecule has 1 aliphatic rings. The number of nitrogens with two attached hydrogens (primary N) is 1. The lowest BCUT2D eigenvalue weighted by molar-refractivity contribution is -0.123. The summed E-state index contributed by atoms with van der Waals surface area (Å²) in [4.78, 5) is 11.4. The second kappa shape index (κ2) is 3.75. The van der Waals surface area contributed by atoms with Gasteiger partial charge in [0.1, 0.15) is 6.54 Å². The number of carbonyl (C=O) groups excluding carboxylic acids is 1. The van der Waals surface area contributed by atoms with E-state index in [0.29, 0.717) is 0 Å². The lowest BCUT2D eigenvalue weighted by atomic mass is 9.88. The van der Waals surface area contributed by atoms with Crippen molar-refractivity contribution >= 4 is 5.91 Å². The van der Waals surface area contributed by atoms with Gasteiger partial charge in [-0.25, -0.2) is 4.68 Å². The van der Waals surface area contributed by atoms with Crippen molar-refractivity contribution in [3.05, 3.63) is 12.4 Å². The highest BCUT2D eigenvalue weighted by Gasteiger charge is 2.26. The molecule has 0 unspecified atom stereocenters. The Labute approximate surface area is 81.5 Å². The quantitative estimate of drug-likeness (QED) is 0.640. The highest BCUT2D eigenvalue weighted by molar-refractivity contribution is 5.76. The van der Waals surface area contributed by atoms with Gasteiger partial charge in [-0.05, 0) is 12.8 Å². The number of amides is 1. The molecule has 1 aromatic heterocycles. The van der Waals surface area contributed by atoms with Crippen molar-refractivity contribution < 1.29 is 4.79 Å². The van der Waals surface area contributed by atoms with E-state index in [2.05, 4.69) is 15.6 Å². The van der Waals surface area contributed by atoms with Gasteiger partial charge in [0.2, 0.25) is 5.91 Å². The molecule has 0 atom stereocenters. The Hall–Kier alpha value is -1.43. The molecule has 0 radical (unpaired) electrons. The van der Waals surface area contributed by atoms with E-state index in [1.165, 1.54) is 4.68 Å². The van der Waals surface area contributed by atoms with Gasteiger partial charge in [0.15, 0.2) is 0 Å². The molecule has 0 aromatic carbocycles. The Morgan fingerprint density at radius 2 is 2.43 bits per heavy atom. The van der Waals surface area contributed by atoms with Gasteiger partial charge in [0.25, 0.3) is 0 Å². The van der Waals surface area contributed by atoms with Gasteiger partial charge in [0, 0.05) is 18.3 Å². The second-order valence-electron chi connectivity index (χ2n) is 3.60. The Morgan fingerprint density at radius 1 is 1.64 bits per heavy atom. The molecule has 1 aliphatic carbocycles. The van der Waals surface area contributed by atoms with E-state index in [9.17, 15) is 4.79 Å². The Balaban J connectivity index is 1.74. The summed E-state index contributed by atoms with van der Waals surface area (Å²) in [7, 11) is 0. The molecule has 1 amide bonds. The lowest BCUT2D eigenvalue weighted by Crippen LogP contribution is -2.51. The van der Waals surface area contributed by atoms with E-state index in [1.807, 2.05) is 0 Å². The topological polar surface area (TPSA) is 85.8 Å². The average Bonchev–Trinajstić information content (AvgIpc) is 2.54. The number of nitrogens with zero attached hydrogens (tertiary/aromatic N) is 3. The zero-order chi connectivity index (χ0) is 9.97. The van der Waals surface area contributed by atoms with Gasteiger partial charge in [-0.1, -0.05) is 5.21 Å². The summed E-state index contributed by atoms with van der Waals surface area (Å²) < 4.78 is 1.49. The van der Waals surface area contributed by atoms with Crippen LogP contribution in [0.3, 0.4) is 0 Å². The summed E-state index contributed by atoms with van der Waals surface area (Å²) >= 11 is 0. The van der Waals surface area contributed by atoms with Gasteiger partial charge >= 0.3 is 0 Å². The fourth-order valence-corrected chi connectivity index (χ4v) is 1.52. The SMILES string of the molecule is NC1CC(NC(=O)Cn2ccnn2)C1. The van der Waals surface area contributed by atoms with E-state index >= 15 is 0 Å². The van der Waals surface area contributed by atoms with Crippen LogP contribution in [0, 0.1) is 0 Å². The molecule has 3 N–H and O–H groups in total. The molecular weight excluding hydrogens is 182 g/mol. The highest BCUT2D eigenvalue weighted by atomic mass is 16.2. The van der Waals surface area contributed by atoms with Crippen molar-refractivity contribution in [2.24, 2.45) is 5.73 Å². The van der Waals surface area contributed by atoms with Crippen LogP contribution in [0.1, 0.15) is 12.8 Å². The average molecular weight is 195 g/mol. The zero-order valence-corrected chi connectivity index (χ0v) is 7.76. The molecule has 76 valence electrons. The van der Waals surface area contributed by atoms with Gasteiger partial charge in [-0.15, -0.1) is 5.10 Å². The molecule has 6 heteroatoms. The largest absolute Gasteiger partial charge is 0.352 e. The molecule has 0 spiro atoms. The fraction of sp³-hybridized carbons (Fsp3) is 0.625. The third-order valence-electron chi connectivity index (χ3n) is 2.32. The summed E-state index contributed by atoms with van der Waals surface area (Å²) in [6, 6.07) is 0.507. The molecule has 0 aliphatic heterocycles. The van der Waals surface area contributed by atoms with Crippen molar-refractivity contribution in [1.82, 2.24) is 20.3 Å². The van der Waals surface area contributed by atoms with Crippen LogP contribution in [0.25, 0.3) is 0 Å². The first-order valence-corrected chi connectivity index (χ1v) is 4.63. The van der Waals surface area contributed by atoms with Crippen LogP contribution < -0.4 is 11.1 Å². The highest BCUT2D eigenvalue weighted by Crippen LogP contribution is 2.16. The zero-order valence-electron chi connectivity index (χ0n) is 7.76. The van der Waals surface area contributed by atoms with Crippen molar-refractivity contribution in [3.8, 4) is 0 Å². The molecule has 0 bridgehead atoms. The number of carbonyl (C=O) groups is 1. The number of rotatable bonds is 3. The van der Waals surface area contributed by atoms with E-state index in [-0.39, 0.29) is 24.5 Å². The van der Waals surface area contributed by atoms with Gasteiger partial charge in [-0.2, -0.15) is 0 Å². The number of nitrogens with one attached hydrogen (secondary N) is 1. The third-order valence-corrected chi connectivity index (χ3v) is 2.32. The molecule has 2 rings (SSSR count).